The summed E-state index contributed by atoms with van der Waals surface area (Å²) in [6.07, 6.45) is -0.410. The molecule has 0 bridgehead atoms. The van der Waals surface area contributed by atoms with Gasteiger partial charge in [0.1, 0.15) is 5.82 Å². The van der Waals surface area contributed by atoms with Gasteiger partial charge in [0, 0.05) is 18.2 Å². The molecule has 1 atom stereocenters. The average molecular weight is 345 g/mol. The van der Waals surface area contributed by atoms with Crippen molar-refractivity contribution in [2.24, 2.45) is 0 Å². The Morgan fingerprint density at radius 3 is 2.80 bits per heavy atom. The van der Waals surface area contributed by atoms with Crippen molar-refractivity contribution >= 4 is 11.8 Å². The number of anilines is 1. The molecule has 0 aliphatic carbocycles. The number of nitrogens with zero attached hydrogens (tertiary/aromatic N) is 4. The van der Waals surface area contributed by atoms with Gasteiger partial charge in [0.05, 0.1) is 13.2 Å². The lowest BCUT2D eigenvalue weighted by molar-refractivity contribution is -0.0276. The van der Waals surface area contributed by atoms with E-state index < -0.39 is 6.10 Å². The molecule has 25 heavy (non-hydrogen) atoms. The number of ether oxygens (including phenoxy) is 1. The standard InChI is InChI=1S/C17H23N5O3/c1-10(2)15-20-21-16(25-15)13-9-22(5-6-24-13)17(23)19-14-8-11(3)7-12(4)18-14/h7-8,10,13H,5-6,9H2,1-4H3,(H,18,19,23)/t13-/m1/s1. The number of aryl methyl sites for hydroxylation is 2. The zero-order chi connectivity index (χ0) is 18.0. The van der Waals surface area contributed by atoms with E-state index in [4.69, 9.17) is 9.15 Å². The predicted molar refractivity (Wildman–Crippen MR) is 91.4 cm³/mol. The van der Waals surface area contributed by atoms with Crippen molar-refractivity contribution in [1.29, 1.82) is 0 Å². The van der Waals surface area contributed by atoms with Gasteiger partial charge >= 0.3 is 6.03 Å². The number of aromatic nitrogens is 3. The van der Waals surface area contributed by atoms with E-state index in [0.717, 1.165) is 11.3 Å². The van der Waals surface area contributed by atoms with Crippen molar-refractivity contribution in [3.8, 4) is 0 Å². The Hall–Kier alpha value is -2.48. The lowest BCUT2D eigenvalue weighted by Gasteiger charge is -2.31. The Morgan fingerprint density at radius 2 is 2.12 bits per heavy atom. The Balaban J connectivity index is 1.66. The van der Waals surface area contributed by atoms with E-state index in [1.807, 2.05) is 39.8 Å². The summed E-state index contributed by atoms with van der Waals surface area (Å²) >= 11 is 0. The Kier molecular flexibility index (Phi) is 4.98. The van der Waals surface area contributed by atoms with Gasteiger partial charge in [-0.3, -0.25) is 5.32 Å². The third kappa shape index (κ3) is 4.14. The van der Waals surface area contributed by atoms with Crippen LogP contribution < -0.4 is 5.32 Å². The minimum absolute atomic E-state index is 0.153. The fourth-order valence-corrected chi connectivity index (χ4v) is 2.69. The lowest BCUT2D eigenvalue weighted by Crippen LogP contribution is -2.44. The number of carbonyl (C=O) groups excluding carboxylic acids is 1. The van der Waals surface area contributed by atoms with Crippen molar-refractivity contribution in [2.45, 2.75) is 39.7 Å². The molecule has 3 heterocycles. The van der Waals surface area contributed by atoms with Crippen molar-refractivity contribution in [3.63, 3.8) is 0 Å². The van der Waals surface area contributed by atoms with Crippen LogP contribution in [0.4, 0.5) is 10.6 Å². The number of amides is 2. The van der Waals surface area contributed by atoms with Gasteiger partial charge in [-0.2, -0.15) is 0 Å². The first-order valence-corrected chi connectivity index (χ1v) is 8.38. The highest BCUT2D eigenvalue weighted by Gasteiger charge is 2.29. The quantitative estimate of drug-likeness (QED) is 0.919. The summed E-state index contributed by atoms with van der Waals surface area (Å²) in [4.78, 5) is 18.5. The van der Waals surface area contributed by atoms with Crippen molar-refractivity contribution in [1.82, 2.24) is 20.1 Å². The van der Waals surface area contributed by atoms with Crippen LogP contribution in [-0.2, 0) is 4.74 Å². The maximum Gasteiger partial charge on any atom is 0.323 e. The molecule has 0 saturated carbocycles. The highest BCUT2D eigenvalue weighted by atomic mass is 16.5. The van der Waals surface area contributed by atoms with Crippen LogP contribution in [0.2, 0.25) is 0 Å². The Labute approximate surface area is 146 Å². The van der Waals surface area contributed by atoms with E-state index in [1.165, 1.54) is 0 Å². The average Bonchev–Trinajstić information content (AvgIpc) is 3.04. The lowest BCUT2D eigenvalue weighted by atomic mass is 10.2. The fraction of sp³-hybridized carbons (Fsp3) is 0.529. The molecule has 0 unspecified atom stereocenters. The van der Waals surface area contributed by atoms with Gasteiger partial charge in [-0.1, -0.05) is 13.8 Å². The van der Waals surface area contributed by atoms with Crippen molar-refractivity contribution in [2.75, 3.05) is 25.0 Å². The normalized spacial score (nSPS) is 17.8. The number of hydrogen-bond acceptors (Lipinski definition) is 6. The van der Waals surface area contributed by atoms with Gasteiger partial charge in [0.25, 0.3) is 0 Å². The maximum atomic E-state index is 12.5. The van der Waals surface area contributed by atoms with E-state index in [-0.39, 0.29) is 11.9 Å². The molecule has 2 amide bonds. The number of rotatable bonds is 3. The minimum atomic E-state index is -0.410. The number of morpholine rings is 1. The van der Waals surface area contributed by atoms with Gasteiger partial charge in [-0.05, 0) is 31.5 Å². The number of nitrogens with one attached hydrogen (secondary N) is 1. The molecule has 8 nitrogen and oxygen atoms in total. The second kappa shape index (κ2) is 7.18. The highest BCUT2D eigenvalue weighted by molar-refractivity contribution is 5.88. The van der Waals surface area contributed by atoms with Gasteiger partial charge in [0.15, 0.2) is 6.10 Å². The molecular weight excluding hydrogens is 322 g/mol. The van der Waals surface area contributed by atoms with Gasteiger partial charge < -0.3 is 14.1 Å². The largest absolute Gasteiger partial charge is 0.422 e. The minimum Gasteiger partial charge on any atom is -0.422 e. The number of hydrogen-bond donors (Lipinski definition) is 1. The summed E-state index contributed by atoms with van der Waals surface area (Å²) in [6.45, 7) is 9.10. The molecule has 3 rings (SSSR count). The van der Waals surface area contributed by atoms with Crippen molar-refractivity contribution in [3.05, 3.63) is 35.2 Å². The summed E-state index contributed by atoms with van der Waals surface area (Å²) in [5.74, 6) is 1.68. The van der Waals surface area contributed by atoms with Crippen LogP contribution in [-0.4, -0.2) is 45.8 Å². The van der Waals surface area contributed by atoms with Crippen LogP contribution >= 0.6 is 0 Å². The van der Waals surface area contributed by atoms with Gasteiger partial charge in [-0.15, -0.1) is 10.2 Å². The monoisotopic (exact) mass is 345 g/mol. The molecular formula is C17H23N5O3. The molecule has 2 aromatic heterocycles. The third-order valence-electron chi connectivity index (χ3n) is 3.91. The molecule has 0 radical (unpaired) electrons. The SMILES string of the molecule is Cc1cc(C)nc(NC(=O)N2CCO[C@@H](c3nnc(C(C)C)o3)C2)c1. The van der Waals surface area contributed by atoms with Crippen LogP contribution in [0.1, 0.15) is 48.9 Å². The highest BCUT2D eigenvalue weighted by Crippen LogP contribution is 2.23. The molecule has 8 heteroatoms. The van der Waals surface area contributed by atoms with Crippen LogP contribution in [0.3, 0.4) is 0 Å². The predicted octanol–water partition coefficient (Wildman–Crippen LogP) is 2.81. The van der Waals surface area contributed by atoms with Crippen LogP contribution in [0.25, 0.3) is 0 Å². The van der Waals surface area contributed by atoms with Crippen LogP contribution in [0, 0.1) is 13.8 Å². The van der Waals surface area contributed by atoms with E-state index in [2.05, 4.69) is 20.5 Å². The van der Waals surface area contributed by atoms with E-state index in [9.17, 15) is 4.79 Å². The zero-order valence-corrected chi connectivity index (χ0v) is 14.9. The topological polar surface area (TPSA) is 93.4 Å². The molecule has 134 valence electrons. The molecule has 1 saturated heterocycles. The van der Waals surface area contributed by atoms with Gasteiger partial charge in [-0.25, -0.2) is 9.78 Å². The Morgan fingerprint density at radius 1 is 1.32 bits per heavy atom. The molecule has 0 aromatic carbocycles. The fourth-order valence-electron chi connectivity index (χ4n) is 2.69. The van der Waals surface area contributed by atoms with E-state index >= 15 is 0 Å². The second-order valence-electron chi connectivity index (χ2n) is 6.54. The summed E-state index contributed by atoms with van der Waals surface area (Å²) in [7, 11) is 0. The number of carbonyl (C=O) groups is 1. The molecule has 2 aromatic rings. The van der Waals surface area contributed by atoms with E-state index in [0.29, 0.717) is 37.3 Å². The number of urea groups is 1. The first kappa shape index (κ1) is 17.3. The molecule has 0 spiro atoms. The summed E-state index contributed by atoms with van der Waals surface area (Å²) in [5.41, 5.74) is 1.91. The summed E-state index contributed by atoms with van der Waals surface area (Å²) in [5, 5.41) is 10.9. The van der Waals surface area contributed by atoms with Crippen molar-refractivity contribution < 1.29 is 13.9 Å². The molecule has 1 fully saturated rings. The molecule has 1 aliphatic heterocycles. The second-order valence-corrected chi connectivity index (χ2v) is 6.54. The van der Waals surface area contributed by atoms with E-state index in [1.54, 1.807) is 4.90 Å². The Bertz CT molecular complexity index is 738. The maximum absolute atomic E-state index is 12.5. The molecule has 1 N–H and O–H groups in total. The van der Waals surface area contributed by atoms with Crippen LogP contribution in [0.5, 0.6) is 0 Å². The van der Waals surface area contributed by atoms with Gasteiger partial charge in [0.2, 0.25) is 11.8 Å². The third-order valence-corrected chi connectivity index (χ3v) is 3.91. The first-order valence-electron chi connectivity index (χ1n) is 8.38. The molecule has 1 aliphatic rings. The van der Waals surface area contributed by atoms with Crippen LogP contribution in [0.15, 0.2) is 16.5 Å². The number of pyridine rings is 1. The first-order chi connectivity index (χ1) is 11.9. The summed E-state index contributed by atoms with van der Waals surface area (Å²) < 4.78 is 11.3. The zero-order valence-electron chi connectivity index (χ0n) is 14.9. The smallest absolute Gasteiger partial charge is 0.323 e. The summed E-state index contributed by atoms with van der Waals surface area (Å²) in [6, 6.07) is 3.59.